The third kappa shape index (κ3) is 2.94. The van der Waals surface area contributed by atoms with E-state index in [1.165, 1.54) is 0 Å². The van der Waals surface area contributed by atoms with Crippen molar-refractivity contribution in [2.75, 3.05) is 18.4 Å². The molecule has 21 heavy (non-hydrogen) atoms. The number of hydrogen-bond acceptors (Lipinski definition) is 3. The highest BCUT2D eigenvalue weighted by molar-refractivity contribution is 6.30. The van der Waals surface area contributed by atoms with Gasteiger partial charge in [0.05, 0.1) is 11.9 Å². The van der Waals surface area contributed by atoms with E-state index in [-0.39, 0.29) is 11.8 Å². The van der Waals surface area contributed by atoms with Gasteiger partial charge in [-0.15, -0.1) is 0 Å². The Morgan fingerprint density at radius 3 is 2.95 bits per heavy atom. The van der Waals surface area contributed by atoms with Crippen LogP contribution < -0.4 is 10.6 Å². The van der Waals surface area contributed by atoms with Crippen molar-refractivity contribution in [2.45, 2.75) is 6.92 Å². The number of carbonyl (C=O) groups excluding carboxylic acids is 1. The molecule has 1 aliphatic heterocycles. The van der Waals surface area contributed by atoms with Crippen LogP contribution in [0.4, 0.5) is 5.82 Å². The van der Waals surface area contributed by atoms with E-state index in [4.69, 9.17) is 11.6 Å². The van der Waals surface area contributed by atoms with Crippen molar-refractivity contribution in [1.82, 2.24) is 15.1 Å². The molecule has 5 nitrogen and oxygen atoms in total. The second-order valence-corrected chi connectivity index (χ2v) is 5.74. The molecule has 6 heteroatoms. The number of carbonyl (C=O) groups is 1. The van der Waals surface area contributed by atoms with Gasteiger partial charge in [0.25, 0.3) is 0 Å². The molecular formula is C15H17ClN4O. The molecule has 0 aliphatic carbocycles. The van der Waals surface area contributed by atoms with Crippen LogP contribution in [0.25, 0.3) is 5.69 Å². The summed E-state index contributed by atoms with van der Waals surface area (Å²) in [7, 11) is 0. The summed E-state index contributed by atoms with van der Waals surface area (Å²) in [6.45, 7) is 3.77. The van der Waals surface area contributed by atoms with Crippen LogP contribution in [0.15, 0.2) is 36.5 Å². The molecule has 0 spiro atoms. The van der Waals surface area contributed by atoms with Crippen molar-refractivity contribution < 1.29 is 4.79 Å². The number of nitrogens with one attached hydrogen (secondary N) is 2. The van der Waals surface area contributed by atoms with Crippen LogP contribution in [-0.2, 0) is 4.79 Å². The number of aromatic nitrogens is 2. The lowest BCUT2D eigenvalue weighted by Gasteiger charge is -2.31. The van der Waals surface area contributed by atoms with Crippen LogP contribution >= 0.6 is 11.6 Å². The van der Waals surface area contributed by atoms with Gasteiger partial charge in [0.1, 0.15) is 5.82 Å². The second kappa shape index (κ2) is 5.87. The second-order valence-electron chi connectivity index (χ2n) is 5.30. The third-order valence-corrected chi connectivity index (χ3v) is 4.12. The summed E-state index contributed by atoms with van der Waals surface area (Å²) < 4.78 is 1.68. The molecule has 1 amide bonds. The Hall–Kier alpha value is -1.85. The van der Waals surface area contributed by atoms with Crippen LogP contribution in [0.5, 0.6) is 0 Å². The average molecular weight is 305 g/mol. The fraction of sp³-hybridized carbons (Fsp3) is 0.333. The van der Waals surface area contributed by atoms with E-state index < -0.39 is 0 Å². The number of rotatable bonds is 4. The first-order valence-corrected chi connectivity index (χ1v) is 7.34. The summed E-state index contributed by atoms with van der Waals surface area (Å²) in [5.74, 6) is 1.06. The fourth-order valence-corrected chi connectivity index (χ4v) is 2.51. The standard InChI is InChI=1S/C15H17ClN4O/c1-10(11-8-17-9-11)15(21)19-14-5-6-18-20(14)13-4-2-3-12(16)7-13/h2-7,10-11,17H,8-9H2,1H3,(H,19,21). The molecule has 1 aromatic heterocycles. The Kier molecular flexibility index (Phi) is 3.94. The maximum atomic E-state index is 12.3. The molecule has 1 unspecified atom stereocenters. The highest BCUT2D eigenvalue weighted by atomic mass is 35.5. The topological polar surface area (TPSA) is 59.0 Å². The molecule has 110 valence electrons. The Balaban J connectivity index is 1.77. The first-order valence-electron chi connectivity index (χ1n) is 6.96. The molecule has 3 rings (SSSR count). The number of halogens is 1. The molecule has 0 radical (unpaired) electrons. The summed E-state index contributed by atoms with van der Waals surface area (Å²) in [4.78, 5) is 12.3. The molecular weight excluding hydrogens is 288 g/mol. The van der Waals surface area contributed by atoms with Crippen LogP contribution in [0.3, 0.4) is 0 Å². The first-order chi connectivity index (χ1) is 10.1. The van der Waals surface area contributed by atoms with Gasteiger partial charge in [-0.25, -0.2) is 4.68 Å². The van der Waals surface area contributed by atoms with Gasteiger partial charge >= 0.3 is 0 Å². The first kappa shape index (κ1) is 14.1. The predicted molar refractivity (Wildman–Crippen MR) is 82.7 cm³/mol. The molecule has 1 atom stereocenters. The van der Waals surface area contributed by atoms with Gasteiger partial charge < -0.3 is 10.6 Å². The number of hydrogen-bond donors (Lipinski definition) is 2. The van der Waals surface area contributed by atoms with Gasteiger partial charge in [0, 0.05) is 17.0 Å². The van der Waals surface area contributed by atoms with E-state index in [1.54, 1.807) is 23.0 Å². The zero-order valence-corrected chi connectivity index (χ0v) is 12.5. The highest BCUT2D eigenvalue weighted by Crippen LogP contribution is 2.21. The SMILES string of the molecule is CC(C(=O)Nc1ccnn1-c1cccc(Cl)c1)C1CNC1. The third-order valence-electron chi connectivity index (χ3n) is 3.88. The van der Waals surface area contributed by atoms with Crippen LogP contribution in [0, 0.1) is 11.8 Å². The quantitative estimate of drug-likeness (QED) is 0.911. The minimum Gasteiger partial charge on any atom is -0.316 e. The van der Waals surface area contributed by atoms with Gasteiger partial charge in [-0.3, -0.25) is 4.79 Å². The van der Waals surface area contributed by atoms with Crippen molar-refractivity contribution in [2.24, 2.45) is 11.8 Å². The Morgan fingerprint density at radius 2 is 2.29 bits per heavy atom. The zero-order chi connectivity index (χ0) is 14.8. The normalized spacial score (nSPS) is 16.3. The maximum Gasteiger partial charge on any atom is 0.228 e. The van der Waals surface area contributed by atoms with E-state index in [1.807, 2.05) is 25.1 Å². The zero-order valence-electron chi connectivity index (χ0n) is 11.7. The Bertz CT molecular complexity index is 651. The molecule has 0 bridgehead atoms. The van der Waals surface area contributed by atoms with Crippen molar-refractivity contribution in [1.29, 1.82) is 0 Å². The molecule has 1 fully saturated rings. The van der Waals surface area contributed by atoms with Crippen molar-refractivity contribution >= 4 is 23.3 Å². The van der Waals surface area contributed by atoms with Crippen molar-refractivity contribution in [3.8, 4) is 5.69 Å². The summed E-state index contributed by atoms with van der Waals surface area (Å²) >= 11 is 6.00. The fourth-order valence-electron chi connectivity index (χ4n) is 2.33. The van der Waals surface area contributed by atoms with Crippen LogP contribution in [0.2, 0.25) is 5.02 Å². The van der Waals surface area contributed by atoms with Gasteiger partial charge in [0.2, 0.25) is 5.91 Å². The number of amides is 1. The minimum absolute atomic E-state index is 0.0188. The molecule has 0 saturated carbocycles. The molecule has 1 saturated heterocycles. The summed E-state index contributed by atoms with van der Waals surface area (Å²) in [6, 6.07) is 9.15. The molecule has 1 aromatic carbocycles. The van der Waals surface area contributed by atoms with Gasteiger partial charge in [0.15, 0.2) is 0 Å². The van der Waals surface area contributed by atoms with E-state index in [2.05, 4.69) is 15.7 Å². The predicted octanol–water partition coefficient (Wildman–Crippen LogP) is 2.32. The van der Waals surface area contributed by atoms with E-state index in [9.17, 15) is 4.79 Å². The lowest BCUT2D eigenvalue weighted by atomic mass is 9.88. The summed E-state index contributed by atoms with van der Waals surface area (Å²) in [5.41, 5.74) is 0.820. The molecule has 1 aliphatic rings. The van der Waals surface area contributed by atoms with Crippen molar-refractivity contribution in [3.05, 3.63) is 41.6 Å². The Labute approximate surface area is 128 Å². The van der Waals surface area contributed by atoms with Crippen molar-refractivity contribution in [3.63, 3.8) is 0 Å². The van der Waals surface area contributed by atoms with E-state index in [0.29, 0.717) is 16.8 Å². The number of nitrogens with zero attached hydrogens (tertiary/aromatic N) is 2. The minimum atomic E-state index is -0.0195. The number of anilines is 1. The largest absolute Gasteiger partial charge is 0.316 e. The maximum absolute atomic E-state index is 12.3. The van der Waals surface area contributed by atoms with Gasteiger partial charge in [-0.2, -0.15) is 5.10 Å². The summed E-state index contributed by atoms with van der Waals surface area (Å²) in [6.07, 6.45) is 1.66. The van der Waals surface area contributed by atoms with Gasteiger partial charge in [-0.1, -0.05) is 24.6 Å². The van der Waals surface area contributed by atoms with Crippen LogP contribution in [0.1, 0.15) is 6.92 Å². The van der Waals surface area contributed by atoms with Gasteiger partial charge in [-0.05, 0) is 37.2 Å². The smallest absolute Gasteiger partial charge is 0.228 e. The van der Waals surface area contributed by atoms with Crippen LogP contribution in [-0.4, -0.2) is 28.8 Å². The molecule has 2 aromatic rings. The highest BCUT2D eigenvalue weighted by Gasteiger charge is 2.29. The monoisotopic (exact) mass is 304 g/mol. The number of benzene rings is 1. The molecule has 2 heterocycles. The lowest BCUT2D eigenvalue weighted by molar-refractivity contribution is -0.121. The average Bonchev–Trinajstić information content (AvgIpc) is 2.84. The van der Waals surface area contributed by atoms with E-state index >= 15 is 0 Å². The summed E-state index contributed by atoms with van der Waals surface area (Å²) in [5, 5.41) is 11.0. The molecule has 2 N–H and O–H groups in total. The van der Waals surface area contributed by atoms with E-state index in [0.717, 1.165) is 18.8 Å². The lowest BCUT2D eigenvalue weighted by Crippen LogP contribution is -2.48. The Morgan fingerprint density at radius 1 is 1.48 bits per heavy atom.